The number of ether oxygens (including phenoxy) is 1. The Morgan fingerprint density at radius 3 is 2.83 bits per heavy atom. The van der Waals surface area contributed by atoms with Gasteiger partial charge in [0.2, 0.25) is 0 Å². The van der Waals surface area contributed by atoms with Gasteiger partial charge in [-0.2, -0.15) is 0 Å². The van der Waals surface area contributed by atoms with E-state index in [4.69, 9.17) is 4.74 Å². The Hall–Kier alpha value is -1.29. The van der Waals surface area contributed by atoms with Crippen molar-refractivity contribution in [1.29, 1.82) is 0 Å². The Kier molecular flexibility index (Phi) is 5.92. The molecule has 3 nitrogen and oxygen atoms in total. The Labute approximate surface area is 117 Å². The number of allylic oxidation sites excluding steroid dienone is 3. The summed E-state index contributed by atoms with van der Waals surface area (Å²) >= 11 is 3.40. The minimum atomic E-state index is -0.277. The molecule has 0 atom stereocenters. The van der Waals surface area contributed by atoms with Gasteiger partial charge in [-0.15, -0.1) is 0 Å². The Balaban J connectivity index is 3.13. The van der Waals surface area contributed by atoms with Crippen LogP contribution in [0.5, 0.6) is 0 Å². The van der Waals surface area contributed by atoms with Gasteiger partial charge in [0.25, 0.3) is 0 Å². The number of rotatable bonds is 5. The molecular formula is C14H18BrNO2. The van der Waals surface area contributed by atoms with Crippen molar-refractivity contribution in [3.8, 4) is 0 Å². The normalized spacial score (nSPS) is 17.3. The van der Waals surface area contributed by atoms with Gasteiger partial charge in [-0.1, -0.05) is 19.9 Å². The second-order valence-electron chi connectivity index (χ2n) is 3.90. The lowest BCUT2D eigenvalue weighted by Crippen LogP contribution is -2.17. The second-order valence-corrected chi connectivity index (χ2v) is 4.81. The highest BCUT2D eigenvalue weighted by Gasteiger charge is 2.18. The van der Waals surface area contributed by atoms with E-state index >= 15 is 0 Å². The van der Waals surface area contributed by atoms with Crippen molar-refractivity contribution in [1.82, 2.24) is 4.90 Å². The molecule has 0 spiro atoms. The molecule has 0 bridgehead atoms. The number of esters is 1. The van der Waals surface area contributed by atoms with Crippen molar-refractivity contribution in [3.63, 3.8) is 0 Å². The van der Waals surface area contributed by atoms with E-state index in [0.717, 1.165) is 23.0 Å². The molecule has 18 heavy (non-hydrogen) atoms. The summed E-state index contributed by atoms with van der Waals surface area (Å²) in [5.41, 5.74) is 1.51. The Morgan fingerprint density at radius 2 is 2.28 bits per heavy atom. The topological polar surface area (TPSA) is 29.5 Å². The fourth-order valence-electron chi connectivity index (χ4n) is 1.71. The van der Waals surface area contributed by atoms with Crippen molar-refractivity contribution < 1.29 is 9.53 Å². The third-order valence-electron chi connectivity index (χ3n) is 2.66. The number of methoxy groups -OCH3 is 1. The van der Waals surface area contributed by atoms with E-state index in [0.29, 0.717) is 12.0 Å². The van der Waals surface area contributed by atoms with E-state index in [9.17, 15) is 4.79 Å². The molecule has 1 rings (SSSR count). The van der Waals surface area contributed by atoms with E-state index in [-0.39, 0.29) is 5.97 Å². The summed E-state index contributed by atoms with van der Waals surface area (Å²) < 4.78 is 5.79. The molecule has 1 aliphatic rings. The summed E-state index contributed by atoms with van der Waals surface area (Å²) in [5, 5.41) is 0. The van der Waals surface area contributed by atoms with E-state index in [1.165, 1.54) is 7.11 Å². The largest absolute Gasteiger partial charge is 0.466 e. The van der Waals surface area contributed by atoms with E-state index in [1.807, 2.05) is 23.3 Å². The molecule has 0 aromatic heterocycles. The molecule has 0 saturated carbocycles. The molecule has 0 aromatic rings. The van der Waals surface area contributed by atoms with E-state index < -0.39 is 0 Å². The van der Waals surface area contributed by atoms with Crippen molar-refractivity contribution in [3.05, 3.63) is 46.9 Å². The van der Waals surface area contributed by atoms with Crippen LogP contribution in [0, 0.1) is 0 Å². The lowest BCUT2D eigenvalue weighted by atomic mass is 10.0. The number of hydrogen-bond donors (Lipinski definition) is 0. The van der Waals surface area contributed by atoms with E-state index in [2.05, 4.69) is 29.4 Å². The molecule has 0 unspecified atom stereocenters. The zero-order valence-electron chi connectivity index (χ0n) is 10.8. The summed E-state index contributed by atoms with van der Waals surface area (Å²) in [4.78, 5) is 13.7. The molecular weight excluding hydrogens is 294 g/mol. The number of nitrogens with zero attached hydrogens (tertiary/aromatic N) is 1. The van der Waals surface area contributed by atoms with Gasteiger partial charge in [0.15, 0.2) is 0 Å². The number of carbonyl (C=O) groups excluding carboxylic acids is 1. The molecule has 0 aliphatic carbocycles. The van der Waals surface area contributed by atoms with Crippen LogP contribution in [0.1, 0.15) is 26.2 Å². The highest BCUT2D eigenvalue weighted by atomic mass is 79.9. The molecule has 1 aliphatic heterocycles. The van der Waals surface area contributed by atoms with Gasteiger partial charge >= 0.3 is 5.97 Å². The fourth-order valence-corrected chi connectivity index (χ4v) is 2.06. The zero-order chi connectivity index (χ0) is 13.5. The van der Waals surface area contributed by atoms with Gasteiger partial charge in [0.1, 0.15) is 0 Å². The van der Waals surface area contributed by atoms with Crippen molar-refractivity contribution >= 4 is 21.9 Å². The van der Waals surface area contributed by atoms with Crippen LogP contribution in [-0.2, 0) is 9.53 Å². The van der Waals surface area contributed by atoms with Crippen LogP contribution in [-0.4, -0.2) is 18.0 Å². The van der Waals surface area contributed by atoms with Crippen molar-refractivity contribution in [2.75, 3.05) is 7.11 Å². The minimum absolute atomic E-state index is 0.277. The summed E-state index contributed by atoms with van der Waals surface area (Å²) in [6, 6.07) is 0. The summed E-state index contributed by atoms with van der Waals surface area (Å²) in [7, 11) is 1.41. The molecule has 0 N–H and O–H groups in total. The zero-order valence-corrected chi connectivity index (χ0v) is 12.4. The van der Waals surface area contributed by atoms with Gasteiger partial charge in [0.05, 0.1) is 18.4 Å². The minimum Gasteiger partial charge on any atom is -0.466 e. The average molecular weight is 312 g/mol. The van der Waals surface area contributed by atoms with Crippen LogP contribution >= 0.6 is 15.9 Å². The Morgan fingerprint density at radius 1 is 1.56 bits per heavy atom. The van der Waals surface area contributed by atoms with Gasteiger partial charge < -0.3 is 9.64 Å². The van der Waals surface area contributed by atoms with Crippen LogP contribution in [0.25, 0.3) is 0 Å². The molecule has 4 heteroatoms. The number of carbonyl (C=O) groups is 1. The maximum atomic E-state index is 11.9. The summed E-state index contributed by atoms with van der Waals surface area (Å²) in [6.45, 7) is 5.85. The molecule has 98 valence electrons. The fraction of sp³-hybridized carbons (Fsp3) is 0.357. The van der Waals surface area contributed by atoms with Crippen LogP contribution < -0.4 is 0 Å². The molecule has 1 heterocycles. The van der Waals surface area contributed by atoms with Gasteiger partial charge in [-0.3, -0.25) is 0 Å². The predicted molar refractivity (Wildman–Crippen MR) is 76.8 cm³/mol. The average Bonchev–Trinajstić information content (AvgIpc) is 2.39. The SMILES string of the molecule is C=CN1C=C(Br)C=C/C1=C(/CCCC)C(=O)OC. The highest BCUT2D eigenvalue weighted by molar-refractivity contribution is 9.11. The maximum Gasteiger partial charge on any atom is 0.335 e. The van der Waals surface area contributed by atoms with Crippen LogP contribution in [0.2, 0.25) is 0 Å². The first-order chi connectivity index (χ1) is 8.63. The van der Waals surface area contributed by atoms with E-state index in [1.54, 1.807) is 6.20 Å². The first kappa shape index (κ1) is 14.8. The lowest BCUT2D eigenvalue weighted by molar-refractivity contribution is -0.136. The monoisotopic (exact) mass is 311 g/mol. The molecule has 0 amide bonds. The lowest BCUT2D eigenvalue weighted by Gasteiger charge is -2.23. The van der Waals surface area contributed by atoms with Gasteiger partial charge in [-0.05, 0) is 40.9 Å². The van der Waals surface area contributed by atoms with Crippen LogP contribution in [0.4, 0.5) is 0 Å². The van der Waals surface area contributed by atoms with Gasteiger partial charge in [0, 0.05) is 16.9 Å². The molecule has 0 saturated heterocycles. The third-order valence-corrected chi connectivity index (χ3v) is 3.13. The summed E-state index contributed by atoms with van der Waals surface area (Å²) in [6.07, 6.45) is 10.0. The van der Waals surface area contributed by atoms with Gasteiger partial charge in [-0.25, -0.2) is 4.79 Å². The predicted octanol–water partition coefficient (Wildman–Crippen LogP) is 3.86. The highest BCUT2D eigenvalue weighted by Crippen LogP contribution is 2.26. The quantitative estimate of drug-likeness (QED) is 0.570. The molecule has 0 fully saturated rings. The third kappa shape index (κ3) is 3.60. The summed E-state index contributed by atoms with van der Waals surface area (Å²) in [5.74, 6) is -0.277. The number of unbranched alkanes of at least 4 members (excludes halogenated alkanes) is 1. The van der Waals surface area contributed by atoms with Crippen LogP contribution in [0.15, 0.2) is 46.9 Å². The first-order valence-electron chi connectivity index (χ1n) is 5.91. The second kappa shape index (κ2) is 7.21. The van der Waals surface area contributed by atoms with Crippen LogP contribution in [0.3, 0.4) is 0 Å². The number of halogens is 1. The smallest absolute Gasteiger partial charge is 0.335 e. The molecule has 0 radical (unpaired) electrons. The first-order valence-corrected chi connectivity index (χ1v) is 6.71. The number of hydrogen-bond acceptors (Lipinski definition) is 3. The van der Waals surface area contributed by atoms with Crippen molar-refractivity contribution in [2.24, 2.45) is 0 Å². The van der Waals surface area contributed by atoms with Crippen molar-refractivity contribution in [2.45, 2.75) is 26.2 Å². The molecule has 0 aromatic carbocycles. The standard InChI is InChI=1S/C14H18BrNO2/c1-4-6-7-12(14(17)18-3)13-9-8-11(15)10-16(13)5-2/h5,8-10H,2,4,6-7H2,1,3H3/b13-12+. The maximum absolute atomic E-state index is 11.9. The Bertz CT molecular complexity index is 422.